The summed E-state index contributed by atoms with van der Waals surface area (Å²) in [6.07, 6.45) is -3.16. The minimum Gasteiger partial charge on any atom is -0.480 e. The van der Waals surface area contributed by atoms with Crippen molar-refractivity contribution in [3.05, 3.63) is 12.7 Å². The third-order valence-electron chi connectivity index (χ3n) is 3.17. The first kappa shape index (κ1) is 16.3. The summed E-state index contributed by atoms with van der Waals surface area (Å²) < 4.78 is 37.5. The number of amides is 2. The Labute approximate surface area is 114 Å². The molecule has 0 aromatic heterocycles. The molecule has 114 valence electrons. The molecule has 1 rings (SSSR count). The number of urea groups is 1. The maximum Gasteiger partial charge on any atom is 0.391 e. The average molecular weight is 294 g/mol. The van der Waals surface area contributed by atoms with Crippen LogP contribution in [0.15, 0.2) is 12.7 Å². The van der Waals surface area contributed by atoms with E-state index in [0.717, 1.165) is 4.90 Å². The summed E-state index contributed by atoms with van der Waals surface area (Å²) in [6.45, 7) is 2.94. The third kappa shape index (κ3) is 4.43. The van der Waals surface area contributed by atoms with Gasteiger partial charge in [0.25, 0.3) is 0 Å². The van der Waals surface area contributed by atoms with E-state index in [9.17, 15) is 22.8 Å². The Kier molecular flexibility index (Phi) is 5.41. The fourth-order valence-electron chi connectivity index (χ4n) is 2.13. The van der Waals surface area contributed by atoms with Crippen LogP contribution in [0.1, 0.15) is 12.8 Å². The lowest BCUT2D eigenvalue weighted by molar-refractivity contribution is -0.183. The van der Waals surface area contributed by atoms with Crippen LogP contribution in [-0.2, 0) is 4.79 Å². The van der Waals surface area contributed by atoms with Crippen molar-refractivity contribution in [2.24, 2.45) is 5.92 Å². The van der Waals surface area contributed by atoms with E-state index in [4.69, 9.17) is 5.11 Å². The van der Waals surface area contributed by atoms with E-state index in [0.29, 0.717) is 0 Å². The van der Waals surface area contributed by atoms with Gasteiger partial charge in [0, 0.05) is 19.6 Å². The summed E-state index contributed by atoms with van der Waals surface area (Å²) in [5, 5.41) is 8.71. The van der Waals surface area contributed by atoms with Gasteiger partial charge in [-0.05, 0) is 12.8 Å². The summed E-state index contributed by atoms with van der Waals surface area (Å²) >= 11 is 0. The number of hydrogen-bond donors (Lipinski definition) is 1. The van der Waals surface area contributed by atoms with Gasteiger partial charge < -0.3 is 14.9 Å². The van der Waals surface area contributed by atoms with Crippen LogP contribution in [-0.4, -0.2) is 59.3 Å². The lowest BCUT2D eigenvalue weighted by Crippen LogP contribution is -2.49. The minimum absolute atomic E-state index is 0.0176. The molecule has 8 heteroatoms. The number of rotatable bonds is 4. The van der Waals surface area contributed by atoms with Crippen molar-refractivity contribution in [3.63, 3.8) is 0 Å². The average Bonchev–Trinajstić information content (AvgIpc) is 2.36. The molecule has 0 aromatic rings. The van der Waals surface area contributed by atoms with Crippen molar-refractivity contribution in [1.82, 2.24) is 9.80 Å². The monoisotopic (exact) mass is 294 g/mol. The zero-order chi connectivity index (χ0) is 15.3. The molecule has 1 heterocycles. The lowest BCUT2D eigenvalue weighted by Gasteiger charge is -2.35. The molecule has 2 amide bonds. The number of carbonyl (C=O) groups excluding carboxylic acids is 1. The predicted octanol–water partition coefficient (Wildman–Crippen LogP) is 1.95. The Morgan fingerprint density at radius 3 is 2.30 bits per heavy atom. The number of piperidine rings is 1. The Bertz CT molecular complexity index is 377. The topological polar surface area (TPSA) is 60.9 Å². The summed E-state index contributed by atoms with van der Waals surface area (Å²) in [5.74, 6) is -2.57. The van der Waals surface area contributed by atoms with Crippen molar-refractivity contribution in [2.75, 3.05) is 26.2 Å². The first-order valence-electron chi connectivity index (χ1n) is 6.19. The molecule has 0 radical (unpaired) electrons. The van der Waals surface area contributed by atoms with Gasteiger partial charge in [0.1, 0.15) is 6.54 Å². The van der Waals surface area contributed by atoms with Crippen LogP contribution in [0.3, 0.4) is 0 Å². The first-order chi connectivity index (χ1) is 9.25. The number of likely N-dealkylation sites (tertiary alicyclic amines) is 1. The number of halogens is 3. The van der Waals surface area contributed by atoms with Gasteiger partial charge in [-0.25, -0.2) is 4.79 Å². The van der Waals surface area contributed by atoms with Gasteiger partial charge in [0.15, 0.2) is 0 Å². The van der Waals surface area contributed by atoms with Crippen molar-refractivity contribution in [1.29, 1.82) is 0 Å². The molecule has 0 atom stereocenters. The van der Waals surface area contributed by atoms with E-state index in [2.05, 4.69) is 6.58 Å². The van der Waals surface area contributed by atoms with Crippen LogP contribution >= 0.6 is 0 Å². The molecule has 1 aliphatic heterocycles. The summed E-state index contributed by atoms with van der Waals surface area (Å²) in [6, 6.07) is -0.562. The van der Waals surface area contributed by atoms with Gasteiger partial charge >= 0.3 is 18.2 Å². The van der Waals surface area contributed by atoms with Crippen LogP contribution in [0.5, 0.6) is 0 Å². The standard InChI is InChI=1S/C12H17F3N2O3/c1-2-5-17(8-10(18)19)11(20)16-6-3-9(4-7-16)12(13,14)15/h2,9H,1,3-8H2,(H,18,19). The van der Waals surface area contributed by atoms with E-state index in [1.54, 1.807) is 0 Å². The Hall–Kier alpha value is -1.73. The van der Waals surface area contributed by atoms with Crippen molar-refractivity contribution in [2.45, 2.75) is 19.0 Å². The smallest absolute Gasteiger partial charge is 0.391 e. The van der Waals surface area contributed by atoms with Gasteiger partial charge in [-0.1, -0.05) is 6.08 Å². The molecule has 0 saturated carbocycles. The van der Waals surface area contributed by atoms with Gasteiger partial charge in [-0.3, -0.25) is 4.79 Å². The zero-order valence-electron chi connectivity index (χ0n) is 10.9. The number of carbonyl (C=O) groups is 2. The molecular formula is C12H17F3N2O3. The number of carboxylic acids is 1. The number of carboxylic acid groups (broad SMARTS) is 1. The normalized spacial score (nSPS) is 16.9. The second-order valence-electron chi connectivity index (χ2n) is 4.65. The van der Waals surface area contributed by atoms with E-state index in [1.807, 2.05) is 0 Å². The molecule has 0 aliphatic carbocycles. The molecular weight excluding hydrogens is 277 g/mol. The van der Waals surface area contributed by atoms with Crippen LogP contribution in [0.4, 0.5) is 18.0 Å². The van der Waals surface area contributed by atoms with Gasteiger partial charge in [0.2, 0.25) is 0 Å². The molecule has 0 spiro atoms. The molecule has 1 saturated heterocycles. The quantitative estimate of drug-likeness (QED) is 0.806. The highest BCUT2D eigenvalue weighted by atomic mass is 19.4. The van der Waals surface area contributed by atoms with E-state index < -0.39 is 30.6 Å². The Balaban J connectivity index is 2.60. The maximum atomic E-state index is 12.5. The van der Waals surface area contributed by atoms with Crippen LogP contribution in [0, 0.1) is 5.92 Å². The number of aliphatic carboxylic acids is 1. The Morgan fingerprint density at radius 1 is 1.35 bits per heavy atom. The lowest BCUT2D eigenvalue weighted by atomic mass is 9.96. The van der Waals surface area contributed by atoms with Crippen LogP contribution in [0.25, 0.3) is 0 Å². The molecule has 0 unspecified atom stereocenters. The maximum absolute atomic E-state index is 12.5. The molecule has 0 aromatic carbocycles. The van der Waals surface area contributed by atoms with Crippen molar-refractivity contribution >= 4 is 12.0 Å². The van der Waals surface area contributed by atoms with Crippen molar-refractivity contribution < 1.29 is 27.9 Å². The van der Waals surface area contributed by atoms with Gasteiger partial charge in [-0.15, -0.1) is 6.58 Å². The highest BCUT2D eigenvalue weighted by Gasteiger charge is 2.42. The molecule has 1 N–H and O–H groups in total. The molecule has 1 aliphatic rings. The SMILES string of the molecule is C=CCN(CC(=O)O)C(=O)N1CCC(C(F)(F)F)CC1. The van der Waals surface area contributed by atoms with Crippen molar-refractivity contribution in [3.8, 4) is 0 Å². The van der Waals surface area contributed by atoms with Crippen LogP contribution in [0.2, 0.25) is 0 Å². The highest BCUT2D eigenvalue weighted by molar-refractivity contribution is 5.80. The van der Waals surface area contributed by atoms with E-state index in [-0.39, 0.29) is 32.5 Å². The number of alkyl halides is 3. The second kappa shape index (κ2) is 6.62. The molecule has 0 bridgehead atoms. The number of hydrogen-bond acceptors (Lipinski definition) is 2. The fourth-order valence-corrected chi connectivity index (χ4v) is 2.13. The fraction of sp³-hybridized carbons (Fsp3) is 0.667. The largest absolute Gasteiger partial charge is 0.480 e. The molecule has 20 heavy (non-hydrogen) atoms. The minimum atomic E-state index is -4.24. The Morgan fingerprint density at radius 2 is 1.90 bits per heavy atom. The van der Waals surface area contributed by atoms with Gasteiger partial charge in [0.05, 0.1) is 5.92 Å². The molecule has 1 fully saturated rings. The van der Waals surface area contributed by atoms with Gasteiger partial charge in [-0.2, -0.15) is 13.2 Å². The summed E-state index contributed by atoms with van der Waals surface area (Å²) in [5.41, 5.74) is 0. The van der Waals surface area contributed by atoms with E-state index in [1.165, 1.54) is 11.0 Å². The predicted molar refractivity (Wildman–Crippen MR) is 65.2 cm³/mol. The third-order valence-corrected chi connectivity index (χ3v) is 3.17. The highest BCUT2D eigenvalue weighted by Crippen LogP contribution is 2.34. The molecule has 5 nitrogen and oxygen atoms in total. The first-order valence-corrected chi connectivity index (χ1v) is 6.19. The van der Waals surface area contributed by atoms with E-state index >= 15 is 0 Å². The zero-order valence-corrected chi connectivity index (χ0v) is 10.9. The van der Waals surface area contributed by atoms with Crippen LogP contribution < -0.4 is 0 Å². The number of nitrogens with zero attached hydrogens (tertiary/aromatic N) is 2. The second-order valence-corrected chi connectivity index (χ2v) is 4.65. The summed E-state index contributed by atoms with van der Waals surface area (Å²) in [4.78, 5) is 25.0. The summed E-state index contributed by atoms with van der Waals surface area (Å²) in [7, 11) is 0.